The van der Waals surface area contributed by atoms with Crippen molar-refractivity contribution < 1.29 is 4.79 Å². The summed E-state index contributed by atoms with van der Waals surface area (Å²) in [6, 6.07) is 16.0. The van der Waals surface area contributed by atoms with Crippen LogP contribution in [0.25, 0.3) is 10.6 Å². The highest BCUT2D eigenvalue weighted by molar-refractivity contribution is 7.17. The molecule has 6 heteroatoms. The number of hydrogen-bond acceptors (Lipinski definition) is 4. The number of carbonyl (C=O) groups excluding carboxylic acids is 1. The number of thiophene rings is 1. The summed E-state index contributed by atoms with van der Waals surface area (Å²) in [6.07, 6.45) is 1.77. The van der Waals surface area contributed by atoms with Crippen LogP contribution in [0.3, 0.4) is 0 Å². The lowest BCUT2D eigenvalue weighted by Gasteiger charge is -2.09. The number of carbonyl (C=O) groups is 1. The largest absolute Gasteiger partial charge is 0.348 e. The van der Waals surface area contributed by atoms with Crippen molar-refractivity contribution in [3.05, 3.63) is 65.2 Å². The molecular weight excluding hydrogens is 344 g/mol. The average molecular weight is 371 g/mol. The van der Waals surface area contributed by atoms with E-state index in [-0.39, 0.29) is 11.9 Å². The number of nitrogens with two attached hydrogens (primary N) is 1. The van der Waals surface area contributed by atoms with E-state index in [2.05, 4.69) is 29.5 Å². The quantitative estimate of drug-likeness (QED) is 0.719. The summed E-state index contributed by atoms with van der Waals surface area (Å²) in [7, 11) is 0. The van der Waals surface area contributed by atoms with Crippen molar-refractivity contribution in [3.8, 4) is 10.6 Å². The number of benzene rings is 1. The molecule has 3 aromatic rings. The number of rotatable bonds is 5. The Bertz CT molecular complexity index is 810. The Hall–Kier alpha value is -2.44. The highest BCUT2D eigenvalue weighted by atomic mass is 32.1. The maximum atomic E-state index is 12.0. The normalized spacial score (nSPS) is 11.4. The van der Waals surface area contributed by atoms with Crippen LogP contribution in [0.5, 0.6) is 0 Å². The van der Waals surface area contributed by atoms with E-state index < -0.39 is 0 Å². The summed E-state index contributed by atoms with van der Waals surface area (Å²) < 4.78 is 1.91. The predicted molar refractivity (Wildman–Crippen MR) is 108 cm³/mol. The van der Waals surface area contributed by atoms with Crippen molar-refractivity contribution in [2.75, 3.05) is 6.54 Å². The number of aryl methyl sites for hydroxylation is 2. The maximum Gasteiger partial charge on any atom is 0.261 e. The monoisotopic (exact) mass is 370 g/mol. The number of hydrogen-bond donors (Lipinski definition) is 2. The molecule has 0 fully saturated rings. The van der Waals surface area contributed by atoms with Crippen LogP contribution in [-0.2, 0) is 6.54 Å². The van der Waals surface area contributed by atoms with Crippen LogP contribution < -0.4 is 11.1 Å². The van der Waals surface area contributed by atoms with Crippen molar-refractivity contribution >= 4 is 17.2 Å². The van der Waals surface area contributed by atoms with Gasteiger partial charge in [0.05, 0.1) is 15.4 Å². The van der Waals surface area contributed by atoms with Crippen molar-refractivity contribution in [1.82, 2.24) is 15.1 Å². The first-order valence-electron chi connectivity index (χ1n) is 8.69. The zero-order chi connectivity index (χ0) is 18.9. The molecule has 5 nitrogen and oxygen atoms in total. The average Bonchev–Trinajstić information content (AvgIpc) is 3.31. The van der Waals surface area contributed by atoms with Gasteiger partial charge in [0.15, 0.2) is 0 Å². The van der Waals surface area contributed by atoms with Crippen LogP contribution in [0.2, 0.25) is 0 Å². The fourth-order valence-electron chi connectivity index (χ4n) is 2.28. The number of amides is 1. The highest BCUT2D eigenvalue weighted by Crippen LogP contribution is 2.27. The standard InChI is InChI=1S/C13H18N4OS.C7H8/c1-3-17-10(6-7-15-17)11-4-5-12(19-11)13(18)16-9(2)8-14;1-7-5-3-2-4-6-7/h4-7,9H,3,8,14H2,1-2H3,(H,16,18);2-6H,1H3. The van der Waals surface area contributed by atoms with E-state index in [1.165, 1.54) is 16.9 Å². The molecule has 0 saturated carbocycles. The first kappa shape index (κ1) is 19.9. The van der Waals surface area contributed by atoms with Gasteiger partial charge in [0.25, 0.3) is 5.91 Å². The minimum Gasteiger partial charge on any atom is -0.348 e. The van der Waals surface area contributed by atoms with Crippen LogP contribution in [-0.4, -0.2) is 28.3 Å². The van der Waals surface area contributed by atoms with Gasteiger partial charge in [0.1, 0.15) is 0 Å². The Morgan fingerprint density at radius 2 is 1.96 bits per heavy atom. The van der Waals surface area contributed by atoms with E-state index in [0.717, 1.165) is 17.1 Å². The van der Waals surface area contributed by atoms with Crippen LogP contribution in [0.15, 0.2) is 54.7 Å². The molecule has 1 amide bonds. The molecule has 0 spiro atoms. The highest BCUT2D eigenvalue weighted by Gasteiger charge is 2.13. The van der Waals surface area contributed by atoms with Crippen molar-refractivity contribution in [2.45, 2.75) is 33.4 Å². The van der Waals surface area contributed by atoms with Crippen LogP contribution in [0.1, 0.15) is 29.1 Å². The van der Waals surface area contributed by atoms with Gasteiger partial charge in [-0.2, -0.15) is 5.10 Å². The number of nitrogens with one attached hydrogen (secondary N) is 1. The maximum absolute atomic E-state index is 12.0. The second-order valence-electron chi connectivity index (χ2n) is 5.96. The molecule has 2 heterocycles. The molecule has 3 rings (SSSR count). The minimum atomic E-state index is -0.0724. The van der Waals surface area contributed by atoms with E-state index >= 15 is 0 Å². The molecular formula is C20H26N4OS. The summed E-state index contributed by atoms with van der Waals surface area (Å²) in [4.78, 5) is 13.7. The van der Waals surface area contributed by atoms with Crippen LogP contribution in [0, 0.1) is 6.92 Å². The third kappa shape index (κ3) is 5.54. The Morgan fingerprint density at radius 1 is 1.23 bits per heavy atom. The lowest BCUT2D eigenvalue weighted by atomic mass is 10.2. The summed E-state index contributed by atoms with van der Waals surface area (Å²) in [5, 5.41) is 7.09. The second-order valence-corrected chi connectivity index (χ2v) is 7.04. The van der Waals surface area contributed by atoms with Gasteiger partial charge in [-0.05, 0) is 39.0 Å². The molecule has 0 aliphatic rings. The van der Waals surface area contributed by atoms with Crippen LogP contribution in [0.4, 0.5) is 0 Å². The molecule has 1 unspecified atom stereocenters. The molecule has 3 N–H and O–H groups in total. The Morgan fingerprint density at radius 3 is 2.54 bits per heavy atom. The smallest absolute Gasteiger partial charge is 0.261 e. The zero-order valence-electron chi connectivity index (χ0n) is 15.5. The van der Waals surface area contributed by atoms with Gasteiger partial charge >= 0.3 is 0 Å². The fourth-order valence-corrected chi connectivity index (χ4v) is 3.22. The number of aromatic nitrogens is 2. The molecule has 26 heavy (non-hydrogen) atoms. The fraction of sp³-hybridized carbons (Fsp3) is 0.300. The summed E-state index contributed by atoms with van der Waals surface area (Å²) >= 11 is 1.47. The lowest BCUT2D eigenvalue weighted by molar-refractivity contribution is 0.0945. The molecule has 1 aromatic carbocycles. The van der Waals surface area contributed by atoms with Crippen molar-refractivity contribution in [1.29, 1.82) is 0 Å². The van der Waals surface area contributed by atoms with Gasteiger partial charge in [-0.1, -0.05) is 35.9 Å². The molecule has 1 atom stereocenters. The van der Waals surface area contributed by atoms with Gasteiger partial charge in [0.2, 0.25) is 0 Å². The first-order chi connectivity index (χ1) is 12.5. The lowest BCUT2D eigenvalue weighted by Crippen LogP contribution is -2.37. The van der Waals surface area contributed by atoms with Gasteiger partial charge in [0, 0.05) is 25.3 Å². The topological polar surface area (TPSA) is 72.9 Å². The number of nitrogens with zero attached hydrogens (tertiary/aromatic N) is 2. The Kier molecular flexibility index (Phi) is 7.56. The minimum absolute atomic E-state index is 0.0146. The summed E-state index contributed by atoms with van der Waals surface area (Å²) in [5.74, 6) is -0.0724. The third-order valence-electron chi connectivity index (χ3n) is 3.77. The van der Waals surface area contributed by atoms with Gasteiger partial charge in [-0.25, -0.2) is 0 Å². The summed E-state index contributed by atoms with van der Waals surface area (Å²) in [6.45, 7) is 7.26. The molecule has 0 aliphatic heterocycles. The van der Waals surface area contributed by atoms with Crippen LogP contribution >= 0.6 is 11.3 Å². The van der Waals surface area contributed by atoms with E-state index in [1.54, 1.807) is 6.20 Å². The molecule has 0 radical (unpaired) electrons. The molecule has 0 bridgehead atoms. The van der Waals surface area contributed by atoms with Crippen molar-refractivity contribution in [2.24, 2.45) is 5.73 Å². The van der Waals surface area contributed by atoms with Crippen molar-refractivity contribution in [3.63, 3.8) is 0 Å². The second kappa shape index (κ2) is 9.89. The SMILES string of the molecule is CCn1nccc1-c1ccc(C(=O)NC(C)CN)s1.Cc1ccccc1. The third-order valence-corrected chi connectivity index (χ3v) is 4.88. The molecule has 0 saturated heterocycles. The first-order valence-corrected chi connectivity index (χ1v) is 9.51. The molecule has 0 aliphatic carbocycles. The Labute approximate surface area is 158 Å². The molecule has 138 valence electrons. The summed E-state index contributed by atoms with van der Waals surface area (Å²) in [5.41, 5.74) is 7.86. The van der Waals surface area contributed by atoms with Gasteiger partial charge in [-0.15, -0.1) is 11.3 Å². The Balaban J connectivity index is 0.000000290. The predicted octanol–water partition coefficient (Wildman–Crippen LogP) is 3.70. The van der Waals surface area contributed by atoms with Gasteiger partial charge in [-0.3, -0.25) is 9.48 Å². The zero-order valence-corrected chi connectivity index (χ0v) is 16.3. The van der Waals surface area contributed by atoms with E-state index in [4.69, 9.17) is 5.73 Å². The molecule has 2 aromatic heterocycles. The van der Waals surface area contributed by atoms with E-state index in [0.29, 0.717) is 11.4 Å². The van der Waals surface area contributed by atoms with E-state index in [9.17, 15) is 4.79 Å². The van der Waals surface area contributed by atoms with E-state index in [1.807, 2.05) is 54.9 Å². The van der Waals surface area contributed by atoms with Gasteiger partial charge < -0.3 is 11.1 Å².